The van der Waals surface area contributed by atoms with Crippen molar-refractivity contribution in [1.29, 1.82) is 0 Å². The summed E-state index contributed by atoms with van der Waals surface area (Å²) in [5, 5.41) is 12.5. The molecule has 7 rings (SSSR count). The van der Waals surface area contributed by atoms with E-state index in [1.54, 1.807) is 7.11 Å². The van der Waals surface area contributed by atoms with Gasteiger partial charge in [-0.25, -0.2) is 0 Å². The van der Waals surface area contributed by atoms with Crippen LogP contribution in [0.25, 0.3) is 0 Å². The molecule has 4 saturated carbocycles. The summed E-state index contributed by atoms with van der Waals surface area (Å²) in [5.74, 6) is 3.45. The highest BCUT2D eigenvalue weighted by atomic mass is 16.5. The summed E-state index contributed by atoms with van der Waals surface area (Å²) in [6.07, 6.45) is 6.22. The average Bonchev–Trinajstić information content (AvgIpc) is 2.71. The molecule has 0 amide bonds. The van der Waals surface area contributed by atoms with E-state index in [4.69, 9.17) is 4.74 Å². The third kappa shape index (κ3) is 2.03. The van der Waals surface area contributed by atoms with Crippen LogP contribution in [-0.4, -0.2) is 24.9 Å². The minimum atomic E-state index is -0.647. The van der Waals surface area contributed by atoms with E-state index in [2.05, 4.69) is 48.3 Å². The summed E-state index contributed by atoms with van der Waals surface area (Å²) < 4.78 is 5.76. The van der Waals surface area contributed by atoms with Gasteiger partial charge in [0.2, 0.25) is 0 Å². The lowest BCUT2D eigenvalue weighted by Gasteiger charge is -2.62. The monoisotopic (exact) mass is 375 g/mol. The number of para-hydroxylation sites is 2. The zero-order valence-electron chi connectivity index (χ0n) is 16.8. The number of nitrogens with zero attached hydrogens (tertiary/aromatic N) is 1. The maximum Gasteiger partial charge on any atom is 0.142 e. The molecule has 1 unspecified atom stereocenters. The largest absolute Gasteiger partial charge is 0.495 e. The Labute approximate surface area is 167 Å². The molecule has 0 saturated heterocycles. The van der Waals surface area contributed by atoms with Crippen LogP contribution < -0.4 is 9.64 Å². The Morgan fingerprint density at radius 2 is 1.54 bits per heavy atom. The molecule has 4 bridgehead atoms. The molecule has 0 radical (unpaired) electrons. The highest BCUT2D eigenvalue weighted by molar-refractivity contribution is 5.80. The maximum absolute atomic E-state index is 12.5. The fourth-order valence-corrected chi connectivity index (χ4v) is 7.53. The van der Waals surface area contributed by atoms with Gasteiger partial charge in [-0.2, -0.15) is 0 Å². The van der Waals surface area contributed by atoms with Crippen molar-refractivity contribution in [2.75, 3.05) is 19.1 Å². The lowest BCUT2D eigenvalue weighted by Crippen LogP contribution is -2.61. The highest BCUT2D eigenvalue weighted by Gasteiger charge is 2.61. The van der Waals surface area contributed by atoms with Gasteiger partial charge in [-0.3, -0.25) is 0 Å². The van der Waals surface area contributed by atoms with E-state index in [1.807, 2.05) is 6.07 Å². The third-order valence-corrected chi connectivity index (χ3v) is 8.41. The van der Waals surface area contributed by atoms with Crippen molar-refractivity contribution in [1.82, 2.24) is 0 Å². The van der Waals surface area contributed by atoms with Crippen LogP contribution >= 0.6 is 0 Å². The lowest BCUT2D eigenvalue weighted by molar-refractivity contribution is -0.180. The van der Waals surface area contributed by atoms with Crippen molar-refractivity contribution in [2.45, 2.75) is 43.6 Å². The van der Waals surface area contributed by atoms with Crippen molar-refractivity contribution >= 4 is 11.4 Å². The van der Waals surface area contributed by atoms with E-state index in [-0.39, 0.29) is 5.92 Å². The molecule has 3 heteroatoms. The van der Waals surface area contributed by atoms with Crippen molar-refractivity contribution in [3.05, 3.63) is 53.6 Å². The van der Waals surface area contributed by atoms with Crippen molar-refractivity contribution in [3.8, 4) is 5.75 Å². The maximum atomic E-state index is 12.5. The summed E-state index contributed by atoms with van der Waals surface area (Å²) in [4.78, 5) is 2.25. The van der Waals surface area contributed by atoms with E-state index in [0.717, 1.165) is 23.3 Å². The number of anilines is 2. The molecule has 2 aromatic rings. The molecule has 1 atom stereocenters. The molecule has 5 aliphatic rings. The molecular weight excluding hydrogens is 346 g/mol. The second-order valence-electron chi connectivity index (χ2n) is 9.64. The Morgan fingerprint density at radius 3 is 2.21 bits per heavy atom. The van der Waals surface area contributed by atoms with Gasteiger partial charge in [0, 0.05) is 18.7 Å². The molecule has 146 valence electrons. The normalized spacial score (nSPS) is 37.5. The van der Waals surface area contributed by atoms with Gasteiger partial charge >= 0.3 is 0 Å². The lowest BCUT2D eigenvalue weighted by atomic mass is 9.46. The van der Waals surface area contributed by atoms with Crippen LogP contribution in [0.2, 0.25) is 0 Å². The quantitative estimate of drug-likeness (QED) is 0.793. The number of hydrogen-bond donors (Lipinski definition) is 1. The van der Waals surface area contributed by atoms with E-state index in [1.165, 1.54) is 48.9 Å². The predicted molar refractivity (Wildman–Crippen MR) is 111 cm³/mol. The SMILES string of the molecule is COc1cccc2c1N(C)c1ccccc1C2C1(O)C2CC3CC(C2)CC1C3. The molecule has 1 heterocycles. The van der Waals surface area contributed by atoms with Crippen LogP contribution in [0.15, 0.2) is 42.5 Å². The second kappa shape index (κ2) is 5.76. The fraction of sp³-hybridized carbons (Fsp3) is 0.520. The molecule has 3 nitrogen and oxygen atoms in total. The van der Waals surface area contributed by atoms with Gasteiger partial charge in [0.05, 0.1) is 18.4 Å². The van der Waals surface area contributed by atoms with E-state index in [0.29, 0.717) is 11.8 Å². The number of rotatable bonds is 2. The Hall–Kier alpha value is -2.00. The smallest absolute Gasteiger partial charge is 0.142 e. The van der Waals surface area contributed by atoms with Crippen LogP contribution in [0.1, 0.15) is 49.1 Å². The van der Waals surface area contributed by atoms with Crippen LogP contribution in [0.3, 0.4) is 0 Å². The Bertz CT molecular complexity index is 908. The second-order valence-corrected chi connectivity index (χ2v) is 9.64. The first-order valence-corrected chi connectivity index (χ1v) is 10.8. The van der Waals surface area contributed by atoms with Crippen LogP contribution in [0, 0.1) is 23.7 Å². The summed E-state index contributed by atoms with van der Waals surface area (Å²) in [6, 6.07) is 15.0. The first-order valence-electron chi connectivity index (χ1n) is 10.8. The first kappa shape index (κ1) is 16.9. The van der Waals surface area contributed by atoms with Crippen LogP contribution in [0.4, 0.5) is 11.4 Å². The van der Waals surface area contributed by atoms with Crippen molar-refractivity contribution in [3.63, 3.8) is 0 Å². The number of benzene rings is 2. The average molecular weight is 376 g/mol. The minimum Gasteiger partial charge on any atom is -0.495 e. The zero-order valence-corrected chi connectivity index (χ0v) is 16.8. The highest BCUT2D eigenvalue weighted by Crippen LogP contribution is 2.65. The van der Waals surface area contributed by atoms with Gasteiger partial charge in [-0.05, 0) is 79.0 Å². The Kier molecular flexibility index (Phi) is 3.48. The van der Waals surface area contributed by atoms with Gasteiger partial charge in [0.25, 0.3) is 0 Å². The van der Waals surface area contributed by atoms with Crippen LogP contribution in [0.5, 0.6) is 5.75 Å². The molecule has 28 heavy (non-hydrogen) atoms. The van der Waals surface area contributed by atoms with Gasteiger partial charge in [-0.15, -0.1) is 0 Å². The van der Waals surface area contributed by atoms with Crippen molar-refractivity contribution < 1.29 is 9.84 Å². The standard InChI is InChI=1S/C25H29NO2/c1-26-21-8-4-3-6-19(21)23(20-7-5-9-22(28-2)24(20)26)25(27)17-11-15-10-16(13-17)14-18(25)12-15/h3-9,15-18,23,27H,10-14H2,1-2H3. The Balaban J connectivity index is 1.59. The first-order chi connectivity index (χ1) is 13.6. The third-order valence-electron chi connectivity index (χ3n) is 8.41. The number of hydrogen-bond acceptors (Lipinski definition) is 3. The van der Waals surface area contributed by atoms with E-state index >= 15 is 0 Å². The minimum absolute atomic E-state index is 0.0278. The van der Waals surface area contributed by atoms with E-state index < -0.39 is 5.60 Å². The molecule has 0 aromatic heterocycles. The molecule has 4 aliphatic carbocycles. The zero-order chi connectivity index (χ0) is 19.0. The van der Waals surface area contributed by atoms with Gasteiger partial charge in [0.15, 0.2) is 0 Å². The molecule has 2 aromatic carbocycles. The molecule has 1 N–H and O–H groups in total. The number of aliphatic hydroxyl groups is 1. The number of methoxy groups -OCH3 is 1. The number of fused-ring (bicyclic) bond motifs is 2. The molecule has 1 aliphatic heterocycles. The summed E-state index contributed by atoms with van der Waals surface area (Å²) in [6.45, 7) is 0. The molecule has 0 spiro atoms. The number of ether oxygens (including phenoxy) is 1. The Morgan fingerprint density at radius 1 is 0.893 bits per heavy atom. The summed E-state index contributed by atoms with van der Waals surface area (Å²) in [5.41, 5.74) is 4.19. The topological polar surface area (TPSA) is 32.7 Å². The fourth-order valence-electron chi connectivity index (χ4n) is 7.53. The van der Waals surface area contributed by atoms with Gasteiger partial charge in [0.1, 0.15) is 5.75 Å². The van der Waals surface area contributed by atoms with Crippen molar-refractivity contribution in [2.24, 2.45) is 23.7 Å². The molecular formula is C25H29NO2. The van der Waals surface area contributed by atoms with E-state index in [9.17, 15) is 5.11 Å². The van der Waals surface area contributed by atoms with Gasteiger partial charge in [-0.1, -0.05) is 30.3 Å². The predicted octanol–water partition coefficient (Wildman–Crippen LogP) is 5.10. The van der Waals surface area contributed by atoms with Crippen LogP contribution in [-0.2, 0) is 0 Å². The van der Waals surface area contributed by atoms with Gasteiger partial charge < -0.3 is 14.7 Å². The summed E-state index contributed by atoms with van der Waals surface area (Å²) in [7, 11) is 3.87. The molecule has 4 fully saturated rings. The summed E-state index contributed by atoms with van der Waals surface area (Å²) >= 11 is 0.